The third kappa shape index (κ3) is 0.918. The Labute approximate surface area is 74.8 Å². The molecule has 0 atom stereocenters. The van der Waals surface area contributed by atoms with Crippen LogP contribution in [0, 0.1) is 0 Å². The van der Waals surface area contributed by atoms with Crippen LogP contribution in [0.2, 0.25) is 0 Å². The summed E-state index contributed by atoms with van der Waals surface area (Å²) < 4.78 is 2.60. The van der Waals surface area contributed by atoms with Crippen molar-refractivity contribution in [2.24, 2.45) is 0 Å². The van der Waals surface area contributed by atoms with Gasteiger partial charge in [0.15, 0.2) is 6.29 Å². The number of halogens is 1. The van der Waals surface area contributed by atoms with Gasteiger partial charge in [0.25, 0.3) is 0 Å². The molecule has 0 aliphatic carbocycles. The van der Waals surface area contributed by atoms with Gasteiger partial charge in [-0.2, -0.15) is 0 Å². The number of hydrogen-bond acceptors (Lipinski definition) is 3. The Morgan fingerprint density at radius 1 is 1.73 bits per heavy atom. The van der Waals surface area contributed by atoms with Crippen LogP contribution in [0.15, 0.2) is 16.3 Å². The zero-order valence-electron chi connectivity index (χ0n) is 5.32. The van der Waals surface area contributed by atoms with Gasteiger partial charge < -0.3 is 0 Å². The van der Waals surface area contributed by atoms with Crippen LogP contribution in [0.5, 0.6) is 0 Å². The Morgan fingerprint density at radius 3 is 3.27 bits per heavy atom. The number of carbonyl (C=O) groups is 1. The van der Waals surface area contributed by atoms with Gasteiger partial charge in [-0.25, -0.2) is 4.98 Å². The quantitative estimate of drug-likeness (QED) is 0.703. The van der Waals surface area contributed by atoms with Gasteiger partial charge in [0, 0.05) is 0 Å². The Kier molecular flexibility index (Phi) is 1.54. The molecule has 2 aromatic heterocycles. The van der Waals surface area contributed by atoms with Gasteiger partial charge in [0.2, 0.25) is 0 Å². The molecular formula is C6H3BrN2OS. The summed E-state index contributed by atoms with van der Waals surface area (Å²) in [6.45, 7) is 0. The van der Waals surface area contributed by atoms with E-state index in [2.05, 4.69) is 20.9 Å². The molecule has 0 saturated carbocycles. The summed E-state index contributed by atoms with van der Waals surface area (Å²) in [6, 6.07) is 0. The topological polar surface area (TPSA) is 34.4 Å². The number of imidazole rings is 1. The highest BCUT2D eigenvalue weighted by Crippen LogP contribution is 2.26. The fourth-order valence-corrected chi connectivity index (χ4v) is 2.46. The molecule has 0 aliphatic rings. The van der Waals surface area contributed by atoms with E-state index in [1.54, 1.807) is 16.9 Å². The Balaban J connectivity index is 2.90. The zero-order valence-corrected chi connectivity index (χ0v) is 7.72. The van der Waals surface area contributed by atoms with E-state index >= 15 is 0 Å². The molecule has 0 unspecified atom stereocenters. The van der Waals surface area contributed by atoms with Gasteiger partial charge >= 0.3 is 0 Å². The molecule has 0 saturated heterocycles. The van der Waals surface area contributed by atoms with E-state index < -0.39 is 0 Å². The van der Waals surface area contributed by atoms with E-state index in [0.29, 0.717) is 5.69 Å². The molecule has 0 N–H and O–H groups in total. The van der Waals surface area contributed by atoms with Crippen LogP contribution in [0.25, 0.3) is 4.83 Å². The monoisotopic (exact) mass is 230 g/mol. The van der Waals surface area contributed by atoms with E-state index in [9.17, 15) is 4.79 Å². The maximum atomic E-state index is 10.5. The average molecular weight is 231 g/mol. The lowest BCUT2D eigenvalue weighted by Gasteiger charge is -1.84. The molecule has 0 fully saturated rings. The number of fused-ring (bicyclic) bond motifs is 1. The van der Waals surface area contributed by atoms with Crippen molar-refractivity contribution in [3.05, 3.63) is 22.0 Å². The smallest absolute Gasteiger partial charge is 0.168 e. The second kappa shape index (κ2) is 2.42. The fourth-order valence-electron chi connectivity index (χ4n) is 0.881. The van der Waals surface area contributed by atoms with Crippen molar-refractivity contribution in [1.29, 1.82) is 0 Å². The molecule has 11 heavy (non-hydrogen) atoms. The van der Waals surface area contributed by atoms with Gasteiger partial charge in [-0.1, -0.05) is 0 Å². The number of aromatic nitrogens is 2. The van der Waals surface area contributed by atoms with Crippen molar-refractivity contribution < 1.29 is 4.79 Å². The number of thiazole rings is 1. The average Bonchev–Trinajstić information content (AvgIpc) is 2.46. The molecule has 2 heterocycles. The molecule has 3 nitrogen and oxygen atoms in total. The van der Waals surface area contributed by atoms with E-state index in [1.165, 1.54) is 11.3 Å². The molecule has 2 aromatic rings. The SMILES string of the molecule is O=Cc1c(Br)sc2cncn12. The lowest BCUT2D eigenvalue weighted by Crippen LogP contribution is -1.86. The first-order valence-electron chi connectivity index (χ1n) is 2.88. The number of aldehydes is 1. The Morgan fingerprint density at radius 2 is 2.55 bits per heavy atom. The minimum Gasteiger partial charge on any atom is -0.296 e. The number of rotatable bonds is 1. The molecule has 0 bridgehead atoms. The third-order valence-electron chi connectivity index (χ3n) is 1.37. The summed E-state index contributed by atoms with van der Waals surface area (Å²) in [5, 5.41) is 0. The van der Waals surface area contributed by atoms with Crippen LogP contribution in [0.3, 0.4) is 0 Å². The van der Waals surface area contributed by atoms with Gasteiger partial charge in [0.1, 0.15) is 16.9 Å². The normalized spacial score (nSPS) is 10.6. The summed E-state index contributed by atoms with van der Waals surface area (Å²) in [7, 11) is 0. The second-order valence-corrected chi connectivity index (χ2v) is 4.33. The van der Waals surface area contributed by atoms with Gasteiger partial charge in [-0.15, -0.1) is 11.3 Å². The number of hydrogen-bond donors (Lipinski definition) is 0. The number of carbonyl (C=O) groups excluding carboxylic acids is 1. The summed E-state index contributed by atoms with van der Waals surface area (Å²) >= 11 is 4.78. The van der Waals surface area contributed by atoms with Crippen LogP contribution in [0.1, 0.15) is 10.5 Å². The zero-order chi connectivity index (χ0) is 7.84. The minimum absolute atomic E-state index is 0.627. The predicted molar refractivity (Wildman–Crippen MR) is 46.2 cm³/mol. The molecule has 56 valence electrons. The van der Waals surface area contributed by atoms with Crippen LogP contribution in [-0.2, 0) is 0 Å². The van der Waals surface area contributed by atoms with Crippen LogP contribution in [-0.4, -0.2) is 15.7 Å². The second-order valence-electron chi connectivity index (χ2n) is 1.98. The van der Waals surface area contributed by atoms with Crippen molar-refractivity contribution in [3.63, 3.8) is 0 Å². The van der Waals surface area contributed by atoms with Crippen molar-refractivity contribution in [3.8, 4) is 0 Å². The lowest BCUT2D eigenvalue weighted by molar-refractivity contribution is 0.111. The van der Waals surface area contributed by atoms with Crippen molar-refractivity contribution in [1.82, 2.24) is 9.38 Å². The molecular weight excluding hydrogens is 228 g/mol. The van der Waals surface area contributed by atoms with E-state index in [4.69, 9.17) is 0 Å². The molecule has 5 heteroatoms. The molecule has 0 spiro atoms. The third-order valence-corrected chi connectivity index (χ3v) is 3.16. The fraction of sp³-hybridized carbons (Fsp3) is 0. The van der Waals surface area contributed by atoms with Crippen LogP contribution < -0.4 is 0 Å². The molecule has 0 amide bonds. The van der Waals surface area contributed by atoms with Crippen LogP contribution >= 0.6 is 27.3 Å². The first kappa shape index (κ1) is 7.00. The molecule has 0 aliphatic heterocycles. The first-order valence-corrected chi connectivity index (χ1v) is 4.49. The van der Waals surface area contributed by atoms with Crippen molar-refractivity contribution in [2.45, 2.75) is 0 Å². The summed E-state index contributed by atoms with van der Waals surface area (Å²) in [6.07, 6.45) is 4.16. The van der Waals surface area contributed by atoms with Gasteiger partial charge in [-0.3, -0.25) is 9.20 Å². The molecule has 0 aromatic carbocycles. The highest BCUT2D eigenvalue weighted by atomic mass is 79.9. The largest absolute Gasteiger partial charge is 0.296 e. The summed E-state index contributed by atoms with van der Waals surface area (Å²) in [5.74, 6) is 0. The Bertz CT molecular complexity index is 406. The summed E-state index contributed by atoms with van der Waals surface area (Å²) in [5.41, 5.74) is 0.627. The van der Waals surface area contributed by atoms with E-state index in [0.717, 1.165) is 14.9 Å². The van der Waals surface area contributed by atoms with Gasteiger partial charge in [0.05, 0.1) is 9.98 Å². The predicted octanol–water partition coefficient (Wildman–Crippen LogP) is 1.97. The summed E-state index contributed by atoms with van der Waals surface area (Å²) in [4.78, 5) is 15.4. The highest BCUT2D eigenvalue weighted by Gasteiger charge is 2.07. The lowest BCUT2D eigenvalue weighted by atomic mass is 10.5. The van der Waals surface area contributed by atoms with Crippen molar-refractivity contribution in [2.75, 3.05) is 0 Å². The highest BCUT2D eigenvalue weighted by molar-refractivity contribution is 9.11. The molecule has 0 radical (unpaired) electrons. The number of nitrogens with zero attached hydrogens (tertiary/aromatic N) is 2. The Hall–Kier alpha value is -0.680. The van der Waals surface area contributed by atoms with Gasteiger partial charge in [-0.05, 0) is 15.9 Å². The molecule has 2 rings (SSSR count). The van der Waals surface area contributed by atoms with Crippen molar-refractivity contribution >= 4 is 38.4 Å². The maximum absolute atomic E-state index is 10.5. The first-order chi connectivity index (χ1) is 5.33. The maximum Gasteiger partial charge on any atom is 0.168 e. The standard InChI is InChI=1S/C6H3BrN2OS/c7-6-4(2-10)9-3-8-1-5(9)11-6/h1-3H. The van der Waals surface area contributed by atoms with E-state index in [1.807, 2.05) is 0 Å². The minimum atomic E-state index is 0.627. The van der Waals surface area contributed by atoms with Crippen LogP contribution in [0.4, 0.5) is 0 Å². The van der Waals surface area contributed by atoms with E-state index in [-0.39, 0.29) is 0 Å².